The Balaban J connectivity index is 2.45. The van der Waals surface area contributed by atoms with E-state index in [2.05, 4.69) is 11.8 Å². The molecule has 0 aromatic carbocycles. The Morgan fingerprint density at radius 2 is 2.43 bits per heavy atom. The van der Waals surface area contributed by atoms with E-state index in [1.165, 1.54) is 6.42 Å². The van der Waals surface area contributed by atoms with Crippen LogP contribution in [0.2, 0.25) is 0 Å². The van der Waals surface area contributed by atoms with Crippen LogP contribution in [0.25, 0.3) is 0 Å². The van der Waals surface area contributed by atoms with Crippen molar-refractivity contribution in [3.05, 3.63) is 0 Å². The number of hydrogen-bond donors (Lipinski definition) is 0. The van der Waals surface area contributed by atoms with Crippen molar-refractivity contribution in [2.45, 2.75) is 24.6 Å². The molecule has 1 aliphatic carbocycles. The normalized spacial score (nSPS) is 28.4. The highest BCUT2D eigenvalue weighted by Gasteiger charge is 2.00. The quantitative estimate of drug-likeness (QED) is 0.333. The molecule has 0 nitrogen and oxygen atoms in total. The average molecular weight is 115 g/mol. The van der Waals surface area contributed by atoms with E-state index in [1.807, 2.05) is 0 Å². The zero-order chi connectivity index (χ0) is 5.11. The van der Waals surface area contributed by atoms with Gasteiger partial charge < -0.3 is 0 Å². The number of halogens is 1. The van der Waals surface area contributed by atoms with Crippen LogP contribution in [0.3, 0.4) is 0 Å². The Kier molecular flexibility index (Phi) is 1.59. The number of rotatable bonds is 0. The predicted octanol–water partition coefficient (Wildman–Crippen LogP) is 1.78. The van der Waals surface area contributed by atoms with Gasteiger partial charge in [0.25, 0.3) is 0 Å². The van der Waals surface area contributed by atoms with Crippen molar-refractivity contribution in [2.75, 3.05) is 0 Å². The zero-order valence-electron chi connectivity index (χ0n) is 4.08. The van der Waals surface area contributed by atoms with Gasteiger partial charge in [-0.2, -0.15) is 0 Å². The Morgan fingerprint density at radius 1 is 1.57 bits per heavy atom. The lowest BCUT2D eigenvalue weighted by atomic mass is 10.1. The molecule has 0 saturated carbocycles. The third kappa shape index (κ3) is 1.41. The monoisotopic (exact) mass is 114 g/mol. The van der Waals surface area contributed by atoms with Crippen molar-refractivity contribution < 1.29 is 0 Å². The molecule has 38 valence electrons. The van der Waals surface area contributed by atoms with Gasteiger partial charge in [-0.15, -0.1) is 17.5 Å². The summed E-state index contributed by atoms with van der Waals surface area (Å²) in [7, 11) is 0. The van der Waals surface area contributed by atoms with E-state index in [0.29, 0.717) is 0 Å². The molecule has 1 unspecified atom stereocenters. The lowest BCUT2D eigenvalue weighted by molar-refractivity contribution is 0.768. The van der Waals surface area contributed by atoms with E-state index in [1.54, 1.807) is 0 Å². The Bertz CT molecular complexity index is 107. The third-order valence-corrected chi connectivity index (χ3v) is 1.35. The maximum Gasteiger partial charge on any atom is 0.0943 e. The molecule has 0 fully saturated rings. The molecule has 0 bridgehead atoms. The smallest absolute Gasteiger partial charge is 0.0943 e. The van der Waals surface area contributed by atoms with Crippen molar-refractivity contribution in [1.82, 2.24) is 0 Å². The maximum atomic E-state index is 5.64. The highest BCUT2D eigenvalue weighted by molar-refractivity contribution is 6.22. The second-order valence-corrected chi connectivity index (χ2v) is 2.21. The fourth-order valence-corrected chi connectivity index (χ4v) is 0.856. The molecule has 0 aliphatic heterocycles. The van der Waals surface area contributed by atoms with Gasteiger partial charge in [-0.1, -0.05) is 5.92 Å². The highest BCUT2D eigenvalue weighted by Crippen LogP contribution is 2.09. The van der Waals surface area contributed by atoms with E-state index in [9.17, 15) is 0 Å². The van der Waals surface area contributed by atoms with Crippen molar-refractivity contribution >= 4 is 11.6 Å². The molecule has 0 heterocycles. The molecule has 1 heteroatoms. The molecule has 0 saturated heterocycles. The zero-order valence-corrected chi connectivity index (χ0v) is 4.83. The van der Waals surface area contributed by atoms with Gasteiger partial charge >= 0.3 is 0 Å². The summed E-state index contributed by atoms with van der Waals surface area (Å²) in [6.45, 7) is 0. The van der Waals surface area contributed by atoms with E-state index >= 15 is 0 Å². The minimum atomic E-state index is 0.147. The Labute approximate surface area is 48.9 Å². The lowest BCUT2D eigenvalue weighted by Gasteiger charge is -2.01. The Morgan fingerprint density at radius 3 is 2.71 bits per heavy atom. The highest BCUT2D eigenvalue weighted by atomic mass is 35.5. The first kappa shape index (κ1) is 5.00. The van der Waals surface area contributed by atoms with Crippen molar-refractivity contribution in [3.8, 4) is 11.8 Å². The van der Waals surface area contributed by atoms with Crippen LogP contribution in [0.1, 0.15) is 19.3 Å². The molecule has 0 aromatic heterocycles. The molecule has 0 amide bonds. The van der Waals surface area contributed by atoms with Gasteiger partial charge in [0.2, 0.25) is 0 Å². The molecule has 0 radical (unpaired) electrons. The first-order valence-corrected chi connectivity index (χ1v) is 2.96. The standard InChI is InChI=1S/C6H7Cl/c7-6-4-2-1-3-5-6/h6H,1-2,4H2. The second kappa shape index (κ2) is 2.23. The summed E-state index contributed by atoms with van der Waals surface area (Å²) >= 11 is 5.64. The summed E-state index contributed by atoms with van der Waals surface area (Å²) in [5, 5.41) is 0.147. The largest absolute Gasteiger partial charge is 0.109 e. The van der Waals surface area contributed by atoms with Crippen molar-refractivity contribution in [2.24, 2.45) is 0 Å². The fourth-order valence-electron chi connectivity index (χ4n) is 0.625. The van der Waals surface area contributed by atoms with Crippen LogP contribution >= 0.6 is 11.6 Å². The van der Waals surface area contributed by atoms with Crippen LogP contribution < -0.4 is 0 Å². The van der Waals surface area contributed by atoms with Gasteiger partial charge in [-0.25, -0.2) is 0 Å². The van der Waals surface area contributed by atoms with E-state index in [0.717, 1.165) is 12.8 Å². The molecule has 1 rings (SSSR count). The lowest BCUT2D eigenvalue weighted by Crippen LogP contribution is -1.97. The number of alkyl halides is 1. The minimum absolute atomic E-state index is 0.147. The van der Waals surface area contributed by atoms with Crippen LogP contribution in [0.15, 0.2) is 0 Å². The first-order valence-electron chi connectivity index (χ1n) is 2.52. The second-order valence-electron chi connectivity index (χ2n) is 1.68. The van der Waals surface area contributed by atoms with Crippen molar-refractivity contribution in [1.29, 1.82) is 0 Å². The Hall–Kier alpha value is -0.150. The van der Waals surface area contributed by atoms with Crippen LogP contribution in [0.4, 0.5) is 0 Å². The van der Waals surface area contributed by atoms with Gasteiger partial charge in [0.15, 0.2) is 0 Å². The van der Waals surface area contributed by atoms with E-state index < -0.39 is 0 Å². The summed E-state index contributed by atoms with van der Waals surface area (Å²) in [4.78, 5) is 0. The van der Waals surface area contributed by atoms with Gasteiger partial charge in [0.1, 0.15) is 0 Å². The summed E-state index contributed by atoms with van der Waals surface area (Å²) in [5.74, 6) is 5.85. The SMILES string of the molecule is ClC1C#CCCC1. The van der Waals surface area contributed by atoms with E-state index in [4.69, 9.17) is 11.6 Å². The predicted molar refractivity (Wildman–Crippen MR) is 31.3 cm³/mol. The van der Waals surface area contributed by atoms with Crippen LogP contribution in [-0.4, -0.2) is 5.38 Å². The first-order chi connectivity index (χ1) is 3.39. The molecule has 0 aromatic rings. The van der Waals surface area contributed by atoms with E-state index in [-0.39, 0.29) is 5.38 Å². The minimum Gasteiger partial charge on any atom is -0.109 e. The summed E-state index contributed by atoms with van der Waals surface area (Å²) in [6.07, 6.45) is 3.30. The van der Waals surface area contributed by atoms with Crippen LogP contribution in [-0.2, 0) is 0 Å². The van der Waals surface area contributed by atoms with Crippen molar-refractivity contribution in [3.63, 3.8) is 0 Å². The molecule has 0 N–H and O–H groups in total. The van der Waals surface area contributed by atoms with Gasteiger partial charge in [-0.3, -0.25) is 0 Å². The van der Waals surface area contributed by atoms with Gasteiger partial charge in [0.05, 0.1) is 5.38 Å². The fraction of sp³-hybridized carbons (Fsp3) is 0.667. The molecule has 1 atom stereocenters. The number of hydrogen-bond acceptors (Lipinski definition) is 0. The molecular weight excluding hydrogens is 108 g/mol. The van der Waals surface area contributed by atoms with Crippen LogP contribution in [0, 0.1) is 11.8 Å². The topological polar surface area (TPSA) is 0 Å². The summed E-state index contributed by atoms with van der Waals surface area (Å²) in [5.41, 5.74) is 0. The van der Waals surface area contributed by atoms with Gasteiger partial charge in [-0.05, 0) is 12.8 Å². The summed E-state index contributed by atoms with van der Waals surface area (Å²) in [6, 6.07) is 0. The third-order valence-electron chi connectivity index (χ3n) is 1.02. The van der Waals surface area contributed by atoms with Crippen LogP contribution in [0.5, 0.6) is 0 Å². The molecular formula is C6H7Cl. The molecule has 1 aliphatic rings. The average Bonchev–Trinajstić information content (AvgIpc) is 1.69. The molecule has 7 heavy (non-hydrogen) atoms. The van der Waals surface area contributed by atoms with Gasteiger partial charge in [0, 0.05) is 6.42 Å². The summed E-state index contributed by atoms with van der Waals surface area (Å²) < 4.78 is 0. The maximum absolute atomic E-state index is 5.64. The molecule has 0 spiro atoms.